The Balaban J connectivity index is 2.72. The second-order valence-electron chi connectivity index (χ2n) is 4.54. The summed E-state index contributed by atoms with van der Waals surface area (Å²) < 4.78 is 38.9. The lowest BCUT2D eigenvalue weighted by molar-refractivity contribution is -0.144. The first-order chi connectivity index (χ1) is 9.70. The van der Waals surface area contributed by atoms with Crippen LogP contribution in [-0.2, 0) is 6.18 Å². The van der Waals surface area contributed by atoms with E-state index in [9.17, 15) is 18.0 Å². The highest BCUT2D eigenvalue weighted by molar-refractivity contribution is 5.97. The van der Waals surface area contributed by atoms with E-state index in [0.717, 1.165) is 4.52 Å². The number of carbonyl (C=O) groups excluding carboxylic acids is 1. The van der Waals surface area contributed by atoms with Gasteiger partial charge >= 0.3 is 6.18 Å². The van der Waals surface area contributed by atoms with Gasteiger partial charge in [-0.15, -0.1) is 5.10 Å². The second kappa shape index (κ2) is 5.15. The lowest BCUT2D eigenvalue weighted by atomic mass is 10.1. The Morgan fingerprint density at radius 1 is 1.38 bits per heavy atom. The van der Waals surface area contributed by atoms with Gasteiger partial charge in [-0.1, -0.05) is 0 Å². The summed E-state index contributed by atoms with van der Waals surface area (Å²) in [6.07, 6.45) is -0.398. The van der Waals surface area contributed by atoms with Gasteiger partial charge in [0.05, 0.1) is 11.3 Å². The van der Waals surface area contributed by atoms with E-state index in [1.807, 2.05) is 0 Å². The molecule has 0 saturated heterocycles. The average Bonchev–Trinajstić information content (AvgIpc) is 2.79. The Labute approximate surface area is 117 Å². The van der Waals surface area contributed by atoms with E-state index in [0.29, 0.717) is 0 Å². The van der Waals surface area contributed by atoms with Crippen molar-refractivity contribution >= 4 is 17.6 Å². The van der Waals surface area contributed by atoms with Gasteiger partial charge in [-0.25, -0.2) is 4.98 Å². The number of hydrogen-bond acceptors (Lipinski definition) is 5. The minimum atomic E-state index is -4.67. The zero-order chi connectivity index (χ0) is 15.8. The summed E-state index contributed by atoms with van der Waals surface area (Å²) in [5.41, 5.74) is 0.364. The van der Waals surface area contributed by atoms with E-state index in [1.165, 1.54) is 19.2 Å². The Hall–Kier alpha value is -2.45. The highest BCUT2D eigenvalue weighted by Gasteiger charge is 2.36. The van der Waals surface area contributed by atoms with E-state index in [2.05, 4.69) is 15.1 Å². The van der Waals surface area contributed by atoms with Gasteiger partial charge in [-0.2, -0.15) is 22.7 Å². The molecule has 21 heavy (non-hydrogen) atoms. The highest BCUT2D eigenvalue weighted by Crippen LogP contribution is 2.26. The molecule has 112 valence electrons. The van der Waals surface area contributed by atoms with Crippen LogP contribution in [0.15, 0.2) is 12.4 Å². The van der Waals surface area contributed by atoms with Crippen molar-refractivity contribution in [2.45, 2.75) is 13.1 Å². The molecule has 0 atom stereocenters. The molecular formula is C12H12F3N5O. The monoisotopic (exact) mass is 299 g/mol. The van der Waals surface area contributed by atoms with E-state index < -0.39 is 12.0 Å². The smallest absolute Gasteiger partial charge is 0.383 e. The van der Waals surface area contributed by atoms with Crippen molar-refractivity contribution in [3.63, 3.8) is 0 Å². The summed E-state index contributed by atoms with van der Waals surface area (Å²) in [7, 11) is 3.48. The molecule has 2 aromatic heterocycles. The molecule has 0 aliphatic heterocycles. The van der Waals surface area contributed by atoms with E-state index in [1.54, 1.807) is 25.2 Å². The van der Waals surface area contributed by atoms with Crippen molar-refractivity contribution in [3.8, 4) is 0 Å². The number of hydrogen-bond donors (Lipinski definition) is 0. The summed E-state index contributed by atoms with van der Waals surface area (Å²) >= 11 is 0. The molecule has 9 heteroatoms. The number of Topliss-reactive ketones (excluding diaryl/α,β-unsaturated/α-hetero) is 1. The number of rotatable bonds is 3. The fourth-order valence-corrected chi connectivity index (χ4v) is 1.62. The zero-order valence-corrected chi connectivity index (χ0v) is 11.5. The van der Waals surface area contributed by atoms with E-state index in [-0.39, 0.29) is 22.8 Å². The molecule has 2 aromatic rings. The quantitative estimate of drug-likeness (QED) is 0.810. The second-order valence-corrected chi connectivity index (χ2v) is 4.54. The van der Waals surface area contributed by atoms with Crippen LogP contribution in [0.3, 0.4) is 0 Å². The maximum absolute atomic E-state index is 12.7. The fraction of sp³-hybridized carbons (Fsp3) is 0.333. The van der Waals surface area contributed by atoms with Crippen molar-refractivity contribution < 1.29 is 18.0 Å². The van der Waals surface area contributed by atoms with Crippen LogP contribution in [0.25, 0.3) is 11.9 Å². The minimum absolute atomic E-state index is 0.166. The molecule has 0 radical (unpaired) electrons. The van der Waals surface area contributed by atoms with Gasteiger partial charge in [0.25, 0.3) is 11.6 Å². The standard InChI is InChI=1S/C12H12F3N5O/c1-7(21)8-6-16-11-17-10(12(13,14)15)18-20(11)9(8)4-5-19(2)3/h4-6H,1-3H3/b5-4+. The third-order valence-electron chi connectivity index (χ3n) is 2.57. The van der Waals surface area contributed by atoms with Crippen LogP contribution >= 0.6 is 0 Å². The normalized spacial score (nSPS) is 12.3. The van der Waals surface area contributed by atoms with Crippen LogP contribution in [0.1, 0.15) is 28.8 Å². The van der Waals surface area contributed by atoms with Crippen molar-refractivity contribution in [2.75, 3.05) is 14.1 Å². The SMILES string of the molecule is CC(=O)c1cnc2nc(C(F)(F)F)nn2c1/C=C/N(C)C. The molecule has 2 heterocycles. The van der Waals surface area contributed by atoms with Crippen molar-refractivity contribution in [2.24, 2.45) is 0 Å². The van der Waals surface area contributed by atoms with Crippen LogP contribution in [-0.4, -0.2) is 44.4 Å². The molecule has 0 N–H and O–H groups in total. The van der Waals surface area contributed by atoms with Crippen LogP contribution in [0.4, 0.5) is 13.2 Å². The van der Waals surface area contributed by atoms with Gasteiger partial charge < -0.3 is 4.90 Å². The lowest BCUT2D eigenvalue weighted by Crippen LogP contribution is -2.09. The molecule has 2 rings (SSSR count). The maximum atomic E-state index is 12.7. The molecule has 0 unspecified atom stereocenters. The zero-order valence-electron chi connectivity index (χ0n) is 11.5. The largest absolute Gasteiger partial charge is 0.453 e. The number of alkyl halides is 3. The molecule has 6 nitrogen and oxygen atoms in total. The Morgan fingerprint density at radius 2 is 2.05 bits per heavy atom. The van der Waals surface area contributed by atoms with Gasteiger partial charge in [0.1, 0.15) is 0 Å². The first-order valence-corrected chi connectivity index (χ1v) is 5.88. The first-order valence-electron chi connectivity index (χ1n) is 5.88. The minimum Gasteiger partial charge on any atom is -0.383 e. The van der Waals surface area contributed by atoms with E-state index in [4.69, 9.17) is 0 Å². The summed E-state index contributed by atoms with van der Waals surface area (Å²) in [4.78, 5) is 20.3. The van der Waals surface area contributed by atoms with Crippen LogP contribution < -0.4 is 0 Å². The Bertz CT molecular complexity index is 717. The van der Waals surface area contributed by atoms with Gasteiger partial charge in [-0.3, -0.25) is 4.79 Å². The lowest BCUT2D eigenvalue weighted by Gasteiger charge is -2.07. The number of ketones is 1. The summed E-state index contributed by atoms with van der Waals surface area (Å²) in [5.74, 6) is -1.84. The number of halogens is 3. The van der Waals surface area contributed by atoms with Gasteiger partial charge in [0.15, 0.2) is 5.78 Å². The van der Waals surface area contributed by atoms with Gasteiger partial charge in [0, 0.05) is 26.5 Å². The number of carbonyl (C=O) groups is 1. The number of fused-ring (bicyclic) bond motifs is 1. The fourth-order valence-electron chi connectivity index (χ4n) is 1.62. The number of aromatic nitrogens is 4. The molecule has 0 fully saturated rings. The predicted molar refractivity (Wildman–Crippen MR) is 68.5 cm³/mol. The Morgan fingerprint density at radius 3 is 2.57 bits per heavy atom. The summed E-state index contributed by atoms with van der Waals surface area (Å²) in [6.45, 7) is 1.30. The molecule has 0 aliphatic carbocycles. The molecule has 0 spiro atoms. The summed E-state index contributed by atoms with van der Waals surface area (Å²) in [6, 6.07) is 0. The average molecular weight is 299 g/mol. The predicted octanol–water partition coefficient (Wildman–Crippen LogP) is 1.88. The molecular weight excluding hydrogens is 287 g/mol. The van der Waals surface area contributed by atoms with Crippen molar-refractivity contribution in [1.29, 1.82) is 0 Å². The molecule has 0 aliphatic rings. The van der Waals surface area contributed by atoms with E-state index >= 15 is 0 Å². The third kappa shape index (κ3) is 3.01. The number of nitrogens with zero attached hydrogens (tertiary/aromatic N) is 5. The highest BCUT2D eigenvalue weighted by atomic mass is 19.4. The summed E-state index contributed by atoms with van der Waals surface area (Å²) in [5, 5.41) is 3.40. The van der Waals surface area contributed by atoms with Crippen molar-refractivity contribution in [3.05, 3.63) is 29.5 Å². The van der Waals surface area contributed by atoms with Gasteiger partial charge in [0.2, 0.25) is 0 Å². The van der Waals surface area contributed by atoms with Crippen LogP contribution in [0.2, 0.25) is 0 Å². The molecule has 0 bridgehead atoms. The first kappa shape index (κ1) is 14.9. The Kier molecular flexibility index (Phi) is 3.67. The maximum Gasteiger partial charge on any atom is 0.453 e. The van der Waals surface area contributed by atoms with Crippen molar-refractivity contribution in [1.82, 2.24) is 24.5 Å². The molecule has 0 amide bonds. The van der Waals surface area contributed by atoms with Crippen LogP contribution in [0.5, 0.6) is 0 Å². The topological polar surface area (TPSA) is 63.4 Å². The van der Waals surface area contributed by atoms with Gasteiger partial charge in [-0.05, 0) is 13.0 Å². The molecule has 0 saturated carbocycles. The van der Waals surface area contributed by atoms with Crippen LogP contribution in [0, 0.1) is 0 Å². The molecule has 0 aromatic carbocycles. The third-order valence-corrected chi connectivity index (χ3v) is 2.57.